The number of nitrogens with zero attached hydrogens (tertiary/aromatic N) is 3. The van der Waals surface area contributed by atoms with E-state index in [0.29, 0.717) is 17.1 Å². The molecule has 3 N–H and O–H groups in total. The number of unbranched alkanes of at least 4 members (excludes halogenated alkanes) is 3. The molecule has 0 spiro atoms. The van der Waals surface area contributed by atoms with Gasteiger partial charge in [0.05, 0.1) is 17.1 Å². The van der Waals surface area contributed by atoms with Crippen LogP contribution in [0.2, 0.25) is 0 Å². The van der Waals surface area contributed by atoms with Crippen molar-refractivity contribution >= 4 is 25.8 Å². The maximum absolute atomic E-state index is 11.0. The van der Waals surface area contributed by atoms with Gasteiger partial charge in [-0.15, -0.1) is 0 Å². The molecule has 40 heavy (non-hydrogen) atoms. The molecule has 0 saturated carbocycles. The van der Waals surface area contributed by atoms with Crippen LogP contribution in [0.1, 0.15) is 76.4 Å². The molecule has 0 atom stereocenters. The van der Waals surface area contributed by atoms with Gasteiger partial charge in [-0.25, -0.2) is 0 Å². The molecular weight excluding hydrogens is 613 g/mol. The van der Waals surface area contributed by atoms with Crippen LogP contribution in [0.5, 0.6) is 17.2 Å². The zero-order chi connectivity index (χ0) is 29.5. The van der Waals surface area contributed by atoms with Crippen molar-refractivity contribution in [2.24, 2.45) is 0 Å². The van der Waals surface area contributed by atoms with Gasteiger partial charge in [-0.1, -0.05) is 40.0 Å². The van der Waals surface area contributed by atoms with Gasteiger partial charge in [0, 0.05) is 82.3 Å². The summed E-state index contributed by atoms with van der Waals surface area (Å²) in [7, 11) is 0. The van der Waals surface area contributed by atoms with Gasteiger partial charge >= 0.3 is 0 Å². The Kier molecular flexibility index (Phi) is 17.9. The van der Waals surface area contributed by atoms with E-state index < -0.39 is 0 Å². The molecule has 0 aliphatic carbocycles. The molecule has 0 aliphatic heterocycles. The summed E-state index contributed by atoms with van der Waals surface area (Å²) in [6.45, 7) is 14.2. The molecule has 0 bridgehead atoms. The fourth-order valence-electron chi connectivity index (χ4n) is 3.70. The summed E-state index contributed by atoms with van der Waals surface area (Å²) in [5.41, 5.74) is 1.06. The number of aromatic hydroxyl groups is 3. The number of aromatic nitrogens is 3. The number of rotatable bonds is 9. The summed E-state index contributed by atoms with van der Waals surface area (Å²) in [4.78, 5) is 33.0. The molecule has 0 amide bonds. The van der Waals surface area contributed by atoms with E-state index in [9.17, 15) is 29.7 Å². The monoisotopic (exact) mass is 658 g/mol. The first kappa shape index (κ1) is 37.1. The van der Waals surface area contributed by atoms with Gasteiger partial charge in [0.15, 0.2) is 17.2 Å². The summed E-state index contributed by atoms with van der Waals surface area (Å²) < 4.78 is 5.71. The number of aryl methyl sites for hydroxylation is 3. The van der Waals surface area contributed by atoms with Crippen LogP contribution in [0.3, 0.4) is 0 Å². The molecule has 3 heterocycles. The van der Waals surface area contributed by atoms with E-state index in [4.69, 9.17) is 0 Å². The Balaban J connectivity index is 0.000000563. The molecule has 0 saturated heterocycles. The second-order valence-electron chi connectivity index (χ2n) is 9.48. The minimum atomic E-state index is -0.301. The van der Waals surface area contributed by atoms with Gasteiger partial charge in [-0.2, -0.15) is 0 Å². The van der Waals surface area contributed by atoms with Crippen LogP contribution in [0, 0.1) is 20.8 Å². The smallest absolute Gasteiger partial charge is 0.223 e. The van der Waals surface area contributed by atoms with Crippen LogP contribution in [0.25, 0.3) is 0 Å². The first-order valence-corrected chi connectivity index (χ1v) is 13.7. The van der Waals surface area contributed by atoms with Crippen molar-refractivity contribution in [1.29, 1.82) is 0 Å². The van der Waals surface area contributed by atoms with E-state index in [2.05, 4.69) is 20.8 Å². The molecule has 10 heteroatoms. The molecule has 0 unspecified atom stereocenters. The average Bonchev–Trinajstić information content (AvgIpc) is 2.93. The SMILES string of the molecule is CCCCn1ccc(=O)c(O)c1C.CCCCn1ccc(=O)c(O)c1C.CCCCn1ccc(=O)c(O)c1C.[In]. The van der Waals surface area contributed by atoms with E-state index in [0.717, 1.165) is 58.2 Å². The Labute approximate surface area is 255 Å². The van der Waals surface area contributed by atoms with Crippen molar-refractivity contribution in [3.63, 3.8) is 0 Å². The first-order valence-electron chi connectivity index (χ1n) is 13.7. The van der Waals surface area contributed by atoms with Crippen molar-refractivity contribution in [2.75, 3.05) is 0 Å². The molecule has 0 aromatic carbocycles. The fraction of sp³-hybridized carbons (Fsp3) is 0.500. The molecule has 219 valence electrons. The molecule has 9 nitrogen and oxygen atoms in total. The van der Waals surface area contributed by atoms with Gasteiger partial charge in [-0.05, 0) is 40.0 Å². The second-order valence-corrected chi connectivity index (χ2v) is 9.48. The van der Waals surface area contributed by atoms with Gasteiger partial charge < -0.3 is 29.0 Å². The molecule has 3 aromatic rings. The third kappa shape index (κ3) is 11.3. The zero-order valence-electron chi connectivity index (χ0n) is 24.8. The number of hydrogen-bond donors (Lipinski definition) is 3. The van der Waals surface area contributed by atoms with Gasteiger partial charge in [0.2, 0.25) is 16.3 Å². The van der Waals surface area contributed by atoms with Crippen LogP contribution < -0.4 is 16.3 Å². The minimum Gasteiger partial charge on any atom is -0.503 e. The van der Waals surface area contributed by atoms with Crippen molar-refractivity contribution in [1.82, 2.24) is 13.7 Å². The minimum absolute atomic E-state index is 0. The normalized spacial score (nSPS) is 10.1. The van der Waals surface area contributed by atoms with Crippen molar-refractivity contribution in [2.45, 2.75) is 99.7 Å². The Bertz CT molecular complexity index is 1200. The summed E-state index contributed by atoms with van der Waals surface area (Å²) in [5.74, 6) is -0.379. The topological polar surface area (TPSA) is 127 Å². The Morgan fingerprint density at radius 2 is 0.750 bits per heavy atom. The molecule has 3 radical (unpaired) electrons. The van der Waals surface area contributed by atoms with Crippen LogP contribution in [-0.2, 0) is 19.6 Å². The molecule has 0 aliphatic rings. The van der Waals surface area contributed by atoms with E-state index in [1.165, 1.54) is 18.2 Å². The Morgan fingerprint density at radius 3 is 0.950 bits per heavy atom. The van der Waals surface area contributed by atoms with E-state index in [1.54, 1.807) is 39.4 Å². The standard InChI is InChI=1S/3C10H15NO2.In/c3*1-3-4-6-11-7-5-9(12)10(13)8(11)2;/h3*5,7,13H,3-4,6H2,1-2H3;. The maximum Gasteiger partial charge on any atom is 0.223 e. The second kappa shape index (κ2) is 19.2. The predicted molar refractivity (Wildman–Crippen MR) is 162 cm³/mol. The third-order valence-electron chi connectivity index (χ3n) is 6.50. The molecular formula is C30H45InN3O6. The summed E-state index contributed by atoms with van der Waals surface area (Å²) in [5, 5.41) is 28.1. The average molecular weight is 659 g/mol. The van der Waals surface area contributed by atoms with Gasteiger partial charge in [-0.3, -0.25) is 14.4 Å². The predicted octanol–water partition coefficient (Wildman–Crippen LogP) is 4.61. The maximum atomic E-state index is 11.0. The molecule has 3 aromatic heterocycles. The molecule has 3 rings (SSSR count). The largest absolute Gasteiger partial charge is 0.503 e. The summed E-state index contributed by atoms with van der Waals surface area (Å²) >= 11 is 0. The van der Waals surface area contributed by atoms with E-state index in [-0.39, 0.29) is 59.4 Å². The van der Waals surface area contributed by atoms with Crippen LogP contribution in [0.4, 0.5) is 0 Å². The quantitative estimate of drug-likeness (QED) is 0.309. The number of hydrogen-bond acceptors (Lipinski definition) is 6. The van der Waals surface area contributed by atoms with Crippen LogP contribution in [-0.4, -0.2) is 54.9 Å². The Morgan fingerprint density at radius 1 is 0.525 bits per heavy atom. The summed E-state index contributed by atoms with van der Waals surface area (Å²) in [6.07, 6.45) is 11.7. The first-order chi connectivity index (χ1) is 18.5. The van der Waals surface area contributed by atoms with E-state index in [1.807, 2.05) is 13.7 Å². The summed E-state index contributed by atoms with van der Waals surface area (Å²) in [6, 6.07) is 4.20. The molecule has 0 fully saturated rings. The van der Waals surface area contributed by atoms with Crippen LogP contribution in [0.15, 0.2) is 51.2 Å². The van der Waals surface area contributed by atoms with Crippen molar-refractivity contribution in [3.8, 4) is 17.2 Å². The fourth-order valence-corrected chi connectivity index (χ4v) is 3.70. The van der Waals surface area contributed by atoms with Crippen LogP contribution >= 0.6 is 0 Å². The Hall–Kier alpha value is -2.88. The van der Waals surface area contributed by atoms with Gasteiger partial charge in [0.1, 0.15) is 0 Å². The zero-order valence-corrected chi connectivity index (χ0v) is 28.1. The van der Waals surface area contributed by atoms with Crippen molar-refractivity contribution < 1.29 is 15.3 Å². The number of pyridine rings is 3. The van der Waals surface area contributed by atoms with Gasteiger partial charge in [0.25, 0.3) is 0 Å². The third-order valence-corrected chi connectivity index (χ3v) is 6.50. The van der Waals surface area contributed by atoms with E-state index >= 15 is 0 Å². The van der Waals surface area contributed by atoms with Crippen molar-refractivity contribution in [3.05, 3.63) is 84.5 Å².